The maximum Gasteiger partial charge on any atom is 0.410 e. The quantitative estimate of drug-likeness (QED) is 0.887. The number of hydrogen-bond donors (Lipinski definition) is 1. The molecule has 0 aliphatic heterocycles. The minimum atomic E-state index is -1.42. The first kappa shape index (κ1) is 17.7. The number of rotatable bonds is 5. The van der Waals surface area contributed by atoms with Gasteiger partial charge < -0.3 is 9.84 Å². The Balaban J connectivity index is 2.15. The largest absolute Gasteiger partial charge is 0.479 e. The van der Waals surface area contributed by atoms with Crippen molar-refractivity contribution in [1.29, 1.82) is 0 Å². The van der Waals surface area contributed by atoms with Gasteiger partial charge >= 0.3 is 12.1 Å². The van der Waals surface area contributed by atoms with Crippen LogP contribution in [-0.2, 0) is 16.1 Å². The van der Waals surface area contributed by atoms with E-state index in [2.05, 4.69) is 0 Å². The summed E-state index contributed by atoms with van der Waals surface area (Å²) in [5.41, 5.74) is 0.812. The average molecular weight is 352 g/mol. The maximum absolute atomic E-state index is 13.5. The van der Waals surface area contributed by atoms with Gasteiger partial charge in [-0.15, -0.1) is 0 Å². The topological polar surface area (TPSA) is 66.8 Å². The SMILES string of the molecule is CN(C(=O)OCc1ccccc1)C(C(=O)O)c1cc(F)cc(Cl)c1. The number of amides is 1. The van der Waals surface area contributed by atoms with Crippen LogP contribution in [0.4, 0.5) is 9.18 Å². The Kier molecular flexibility index (Phi) is 5.76. The van der Waals surface area contributed by atoms with Crippen LogP contribution >= 0.6 is 11.6 Å². The fourth-order valence-corrected chi connectivity index (χ4v) is 2.42. The molecule has 1 atom stereocenters. The lowest BCUT2D eigenvalue weighted by Crippen LogP contribution is -2.36. The third-order valence-corrected chi connectivity index (χ3v) is 3.53. The van der Waals surface area contributed by atoms with Crippen LogP contribution in [0.25, 0.3) is 0 Å². The molecule has 0 aromatic heterocycles. The fraction of sp³-hybridized carbons (Fsp3) is 0.176. The Bertz CT molecular complexity index is 718. The lowest BCUT2D eigenvalue weighted by Gasteiger charge is -2.24. The molecule has 1 amide bonds. The number of carbonyl (C=O) groups excluding carboxylic acids is 1. The predicted molar refractivity (Wildman–Crippen MR) is 86.2 cm³/mol. The second kappa shape index (κ2) is 7.79. The Hall–Kier alpha value is -2.60. The van der Waals surface area contributed by atoms with Crippen molar-refractivity contribution >= 4 is 23.7 Å². The molecule has 0 saturated carbocycles. The van der Waals surface area contributed by atoms with Gasteiger partial charge in [-0.1, -0.05) is 41.9 Å². The summed E-state index contributed by atoms with van der Waals surface area (Å²) in [5.74, 6) is -2.01. The van der Waals surface area contributed by atoms with Crippen molar-refractivity contribution in [3.05, 3.63) is 70.5 Å². The summed E-state index contributed by atoms with van der Waals surface area (Å²) in [4.78, 5) is 24.5. The van der Waals surface area contributed by atoms with E-state index in [9.17, 15) is 19.1 Å². The lowest BCUT2D eigenvalue weighted by molar-refractivity contribution is -0.142. The molecule has 0 spiro atoms. The predicted octanol–water partition coefficient (Wildman–Crippen LogP) is 3.87. The number of carboxylic acids is 1. The maximum atomic E-state index is 13.5. The Morgan fingerprint density at radius 1 is 1.25 bits per heavy atom. The number of likely N-dealkylation sites (N-methyl/N-ethyl adjacent to an activating group) is 1. The summed E-state index contributed by atoms with van der Waals surface area (Å²) in [6, 6.07) is 10.9. The van der Waals surface area contributed by atoms with Gasteiger partial charge in [0.1, 0.15) is 12.4 Å². The highest BCUT2D eigenvalue weighted by atomic mass is 35.5. The number of aliphatic carboxylic acids is 1. The highest BCUT2D eigenvalue weighted by Gasteiger charge is 2.30. The van der Waals surface area contributed by atoms with Gasteiger partial charge in [0, 0.05) is 12.1 Å². The minimum absolute atomic E-state index is 0.000257. The number of halogens is 2. The second-order valence-electron chi connectivity index (χ2n) is 5.09. The third kappa shape index (κ3) is 4.45. The molecule has 1 N–H and O–H groups in total. The molecule has 0 radical (unpaired) electrons. The molecule has 2 aromatic carbocycles. The van der Waals surface area contributed by atoms with Crippen LogP contribution in [0.2, 0.25) is 5.02 Å². The van der Waals surface area contributed by atoms with Crippen LogP contribution in [-0.4, -0.2) is 29.1 Å². The molecule has 0 bridgehead atoms. The molecule has 0 fully saturated rings. The molecular weight excluding hydrogens is 337 g/mol. The minimum Gasteiger partial charge on any atom is -0.479 e. The van der Waals surface area contributed by atoms with Crippen LogP contribution in [0, 0.1) is 5.82 Å². The van der Waals surface area contributed by atoms with Crippen LogP contribution in [0.3, 0.4) is 0 Å². The number of carbonyl (C=O) groups is 2. The normalized spacial score (nSPS) is 11.6. The van der Waals surface area contributed by atoms with Gasteiger partial charge in [-0.05, 0) is 29.3 Å². The zero-order valence-corrected chi connectivity index (χ0v) is 13.5. The molecule has 24 heavy (non-hydrogen) atoms. The third-order valence-electron chi connectivity index (χ3n) is 3.31. The van der Waals surface area contributed by atoms with E-state index in [1.807, 2.05) is 6.07 Å². The van der Waals surface area contributed by atoms with Crippen molar-refractivity contribution in [3.63, 3.8) is 0 Å². The molecule has 5 nitrogen and oxygen atoms in total. The number of benzene rings is 2. The van der Waals surface area contributed by atoms with E-state index in [-0.39, 0.29) is 17.2 Å². The first-order valence-electron chi connectivity index (χ1n) is 7.01. The molecular formula is C17H15ClFNO4. The van der Waals surface area contributed by atoms with Crippen molar-refractivity contribution in [2.75, 3.05) is 7.05 Å². The van der Waals surface area contributed by atoms with Crippen LogP contribution in [0.5, 0.6) is 0 Å². The number of nitrogens with zero attached hydrogens (tertiary/aromatic N) is 1. The summed E-state index contributed by atoms with van der Waals surface area (Å²) in [7, 11) is 1.27. The van der Waals surface area contributed by atoms with E-state index in [0.717, 1.165) is 22.6 Å². The Morgan fingerprint density at radius 2 is 1.92 bits per heavy atom. The number of hydrogen-bond acceptors (Lipinski definition) is 3. The van der Waals surface area contributed by atoms with E-state index in [0.29, 0.717) is 0 Å². The van der Waals surface area contributed by atoms with Gasteiger partial charge in [0.25, 0.3) is 0 Å². The summed E-state index contributed by atoms with van der Waals surface area (Å²) >= 11 is 5.76. The van der Waals surface area contributed by atoms with E-state index >= 15 is 0 Å². The fourth-order valence-electron chi connectivity index (χ4n) is 2.19. The van der Waals surface area contributed by atoms with Gasteiger partial charge in [-0.25, -0.2) is 14.0 Å². The van der Waals surface area contributed by atoms with Crippen LogP contribution in [0.15, 0.2) is 48.5 Å². The van der Waals surface area contributed by atoms with Gasteiger partial charge in [0.2, 0.25) is 0 Å². The monoisotopic (exact) mass is 351 g/mol. The van der Waals surface area contributed by atoms with Crippen LogP contribution in [0.1, 0.15) is 17.2 Å². The first-order chi connectivity index (χ1) is 11.4. The molecule has 2 aromatic rings. The summed E-state index contributed by atoms with van der Waals surface area (Å²) < 4.78 is 18.6. The molecule has 2 rings (SSSR count). The van der Waals surface area contributed by atoms with Gasteiger partial charge in [0.05, 0.1) is 0 Å². The molecule has 0 aliphatic rings. The van der Waals surface area contributed by atoms with E-state index in [1.165, 1.54) is 13.1 Å². The van der Waals surface area contributed by atoms with E-state index in [4.69, 9.17) is 16.3 Å². The average Bonchev–Trinajstić information content (AvgIpc) is 2.52. The molecule has 0 aliphatic carbocycles. The van der Waals surface area contributed by atoms with Crippen molar-refractivity contribution in [1.82, 2.24) is 4.90 Å². The van der Waals surface area contributed by atoms with Crippen molar-refractivity contribution in [2.45, 2.75) is 12.6 Å². The standard InChI is InChI=1S/C17H15ClFNO4/c1-20(17(23)24-10-11-5-3-2-4-6-11)15(16(21)22)12-7-13(18)9-14(19)8-12/h2-9,15H,10H2,1H3,(H,21,22). The van der Waals surface area contributed by atoms with Crippen molar-refractivity contribution in [3.8, 4) is 0 Å². The molecule has 0 saturated heterocycles. The van der Waals surface area contributed by atoms with Gasteiger partial charge in [0.15, 0.2) is 6.04 Å². The number of ether oxygens (including phenoxy) is 1. The van der Waals surface area contributed by atoms with Gasteiger partial charge in [-0.2, -0.15) is 0 Å². The van der Waals surface area contributed by atoms with E-state index < -0.39 is 23.9 Å². The zero-order valence-electron chi connectivity index (χ0n) is 12.8. The van der Waals surface area contributed by atoms with Gasteiger partial charge in [-0.3, -0.25) is 4.90 Å². The van der Waals surface area contributed by atoms with E-state index in [1.54, 1.807) is 24.3 Å². The smallest absolute Gasteiger partial charge is 0.410 e. The summed E-state index contributed by atoms with van der Waals surface area (Å²) in [6.07, 6.45) is -0.841. The highest BCUT2D eigenvalue weighted by molar-refractivity contribution is 6.30. The molecule has 7 heteroatoms. The summed E-state index contributed by atoms with van der Waals surface area (Å²) in [6.45, 7) is 0.000257. The summed E-state index contributed by atoms with van der Waals surface area (Å²) in [5, 5.41) is 9.44. The molecule has 1 unspecified atom stereocenters. The van der Waals surface area contributed by atoms with Crippen molar-refractivity contribution < 1.29 is 23.8 Å². The Labute approximate surface area is 143 Å². The first-order valence-corrected chi connectivity index (χ1v) is 7.38. The molecule has 126 valence electrons. The highest BCUT2D eigenvalue weighted by Crippen LogP contribution is 2.25. The molecule has 0 heterocycles. The van der Waals surface area contributed by atoms with Crippen molar-refractivity contribution in [2.24, 2.45) is 0 Å². The number of carboxylic acid groups (broad SMARTS) is 1. The second-order valence-corrected chi connectivity index (χ2v) is 5.53. The lowest BCUT2D eigenvalue weighted by atomic mass is 10.1. The zero-order chi connectivity index (χ0) is 17.7. The Morgan fingerprint density at radius 3 is 2.50 bits per heavy atom. The van der Waals surface area contributed by atoms with Crippen LogP contribution < -0.4 is 0 Å².